The fourth-order valence-corrected chi connectivity index (χ4v) is 2.92. The molecule has 124 valence electrons. The molecule has 6 heteroatoms. The van der Waals surface area contributed by atoms with Crippen molar-refractivity contribution in [1.82, 2.24) is 10.2 Å². The fraction of sp³-hybridized carbons (Fsp3) is 0.222. The van der Waals surface area contributed by atoms with Crippen molar-refractivity contribution in [1.29, 1.82) is 0 Å². The molecule has 0 aliphatic rings. The average molecular weight is 342 g/mol. The maximum absolute atomic E-state index is 5.70. The minimum Gasteiger partial charge on any atom is -0.497 e. The minimum absolute atomic E-state index is 0.571. The molecule has 0 amide bonds. The van der Waals surface area contributed by atoms with Gasteiger partial charge in [-0.3, -0.25) is 0 Å². The molecule has 3 aromatic rings. The summed E-state index contributed by atoms with van der Waals surface area (Å²) in [4.78, 5) is 0. The summed E-state index contributed by atoms with van der Waals surface area (Å²) >= 11 is 1.51. The Morgan fingerprint density at radius 3 is 2.46 bits per heavy atom. The topological polar surface area (TPSA) is 57.4 Å². The van der Waals surface area contributed by atoms with Gasteiger partial charge in [0.05, 0.1) is 20.6 Å². The summed E-state index contributed by atoms with van der Waals surface area (Å²) < 4.78 is 16.1. The van der Waals surface area contributed by atoms with E-state index in [1.807, 2.05) is 48.5 Å². The van der Waals surface area contributed by atoms with E-state index in [0.717, 1.165) is 28.4 Å². The third-order valence-corrected chi connectivity index (χ3v) is 4.35. The number of methoxy groups -OCH3 is 2. The predicted octanol–water partition coefficient (Wildman–Crippen LogP) is 3.97. The van der Waals surface area contributed by atoms with Gasteiger partial charge in [0, 0.05) is 5.75 Å². The van der Waals surface area contributed by atoms with E-state index in [1.54, 1.807) is 14.2 Å². The first-order valence-electron chi connectivity index (χ1n) is 7.48. The SMILES string of the molecule is COc1ccc(Cc2nnc(SCc3cccc(OC)c3)o2)cc1. The van der Waals surface area contributed by atoms with Crippen molar-refractivity contribution in [2.45, 2.75) is 17.4 Å². The van der Waals surface area contributed by atoms with Gasteiger partial charge in [0.15, 0.2) is 0 Å². The summed E-state index contributed by atoms with van der Waals surface area (Å²) in [5.74, 6) is 3.03. The van der Waals surface area contributed by atoms with Gasteiger partial charge in [0.2, 0.25) is 5.89 Å². The lowest BCUT2D eigenvalue weighted by Gasteiger charge is -2.02. The Morgan fingerprint density at radius 2 is 1.71 bits per heavy atom. The molecule has 0 aliphatic carbocycles. The number of rotatable bonds is 7. The molecule has 1 heterocycles. The van der Waals surface area contributed by atoms with Gasteiger partial charge in [-0.05, 0) is 35.4 Å². The number of aromatic nitrogens is 2. The molecule has 5 nitrogen and oxygen atoms in total. The van der Waals surface area contributed by atoms with Crippen molar-refractivity contribution in [3.63, 3.8) is 0 Å². The average Bonchev–Trinajstić information content (AvgIpc) is 3.08. The molecular weight excluding hydrogens is 324 g/mol. The van der Waals surface area contributed by atoms with Gasteiger partial charge in [-0.1, -0.05) is 36.0 Å². The van der Waals surface area contributed by atoms with E-state index < -0.39 is 0 Å². The first kappa shape index (κ1) is 16.4. The maximum atomic E-state index is 5.70. The van der Waals surface area contributed by atoms with Crippen LogP contribution in [0.5, 0.6) is 11.5 Å². The lowest BCUT2D eigenvalue weighted by atomic mass is 10.1. The van der Waals surface area contributed by atoms with Crippen LogP contribution < -0.4 is 9.47 Å². The second kappa shape index (κ2) is 7.88. The van der Waals surface area contributed by atoms with Gasteiger partial charge < -0.3 is 13.9 Å². The van der Waals surface area contributed by atoms with Crippen LogP contribution in [0.25, 0.3) is 0 Å². The Labute approximate surface area is 145 Å². The number of thioether (sulfide) groups is 1. The van der Waals surface area contributed by atoms with Gasteiger partial charge in [0.25, 0.3) is 5.22 Å². The Morgan fingerprint density at radius 1 is 0.917 bits per heavy atom. The predicted molar refractivity (Wildman–Crippen MR) is 92.7 cm³/mol. The molecule has 1 aromatic heterocycles. The fourth-order valence-electron chi connectivity index (χ4n) is 2.19. The van der Waals surface area contributed by atoms with E-state index >= 15 is 0 Å². The van der Waals surface area contributed by atoms with E-state index in [-0.39, 0.29) is 0 Å². The van der Waals surface area contributed by atoms with Gasteiger partial charge in [-0.25, -0.2) is 0 Å². The van der Waals surface area contributed by atoms with E-state index in [2.05, 4.69) is 10.2 Å². The van der Waals surface area contributed by atoms with E-state index in [0.29, 0.717) is 17.5 Å². The van der Waals surface area contributed by atoms with Crippen molar-refractivity contribution in [3.8, 4) is 11.5 Å². The molecule has 0 bridgehead atoms. The van der Waals surface area contributed by atoms with Crippen LogP contribution in [0.3, 0.4) is 0 Å². The van der Waals surface area contributed by atoms with Crippen LogP contribution in [0.4, 0.5) is 0 Å². The van der Waals surface area contributed by atoms with Crippen LogP contribution in [0, 0.1) is 0 Å². The summed E-state index contributed by atoms with van der Waals surface area (Å²) in [6.07, 6.45) is 0.608. The molecule has 24 heavy (non-hydrogen) atoms. The molecule has 0 unspecified atom stereocenters. The first-order valence-corrected chi connectivity index (χ1v) is 8.46. The number of hydrogen-bond donors (Lipinski definition) is 0. The molecule has 0 spiro atoms. The third kappa shape index (κ3) is 4.29. The van der Waals surface area contributed by atoms with Crippen LogP contribution in [0.1, 0.15) is 17.0 Å². The van der Waals surface area contributed by atoms with Gasteiger partial charge >= 0.3 is 0 Å². The zero-order valence-electron chi connectivity index (χ0n) is 13.6. The molecule has 0 fully saturated rings. The van der Waals surface area contributed by atoms with Gasteiger partial charge in [-0.2, -0.15) is 0 Å². The Balaban J connectivity index is 1.58. The largest absolute Gasteiger partial charge is 0.497 e. The van der Waals surface area contributed by atoms with Crippen molar-refractivity contribution >= 4 is 11.8 Å². The van der Waals surface area contributed by atoms with Gasteiger partial charge in [0.1, 0.15) is 11.5 Å². The number of ether oxygens (including phenoxy) is 2. The van der Waals surface area contributed by atoms with E-state index in [9.17, 15) is 0 Å². The van der Waals surface area contributed by atoms with Crippen molar-refractivity contribution < 1.29 is 13.9 Å². The highest BCUT2D eigenvalue weighted by atomic mass is 32.2. The van der Waals surface area contributed by atoms with Crippen LogP contribution >= 0.6 is 11.8 Å². The summed E-state index contributed by atoms with van der Waals surface area (Å²) in [6, 6.07) is 15.8. The molecule has 0 radical (unpaired) electrons. The molecule has 0 N–H and O–H groups in total. The minimum atomic E-state index is 0.571. The summed E-state index contributed by atoms with van der Waals surface area (Å²) in [6.45, 7) is 0. The monoisotopic (exact) mass is 342 g/mol. The smallest absolute Gasteiger partial charge is 0.276 e. The molecule has 0 saturated carbocycles. The van der Waals surface area contributed by atoms with Crippen LogP contribution in [-0.4, -0.2) is 24.4 Å². The normalized spacial score (nSPS) is 10.6. The Hall–Kier alpha value is -2.47. The third-order valence-electron chi connectivity index (χ3n) is 3.46. The highest BCUT2D eigenvalue weighted by molar-refractivity contribution is 7.98. The molecule has 3 rings (SSSR count). The summed E-state index contributed by atoms with van der Waals surface area (Å²) in [5, 5.41) is 8.77. The molecule has 0 atom stereocenters. The number of benzene rings is 2. The zero-order valence-corrected chi connectivity index (χ0v) is 14.4. The summed E-state index contributed by atoms with van der Waals surface area (Å²) in [5.41, 5.74) is 2.25. The number of hydrogen-bond acceptors (Lipinski definition) is 6. The van der Waals surface area contributed by atoms with Crippen molar-refractivity contribution in [2.75, 3.05) is 14.2 Å². The van der Waals surface area contributed by atoms with E-state index in [4.69, 9.17) is 13.9 Å². The van der Waals surface area contributed by atoms with E-state index in [1.165, 1.54) is 11.8 Å². The van der Waals surface area contributed by atoms with Crippen molar-refractivity contribution in [2.24, 2.45) is 0 Å². The standard InChI is InChI=1S/C18H18N2O3S/c1-21-15-8-6-13(7-9-15)11-17-19-20-18(23-17)24-12-14-4-3-5-16(10-14)22-2/h3-10H,11-12H2,1-2H3. The maximum Gasteiger partial charge on any atom is 0.276 e. The van der Waals surface area contributed by atoms with Crippen LogP contribution in [0.2, 0.25) is 0 Å². The van der Waals surface area contributed by atoms with Crippen LogP contribution in [0.15, 0.2) is 58.2 Å². The Bertz CT molecular complexity index is 787. The Kier molecular flexibility index (Phi) is 5.38. The van der Waals surface area contributed by atoms with Crippen molar-refractivity contribution in [3.05, 3.63) is 65.5 Å². The molecule has 0 saturated heterocycles. The summed E-state index contributed by atoms with van der Waals surface area (Å²) in [7, 11) is 3.31. The van der Waals surface area contributed by atoms with Gasteiger partial charge in [-0.15, -0.1) is 10.2 Å². The number of nitrogens with zero attached hydrogens (tertiary/aromatic N) is 2. The highest BCUT2D eigenvalue weighted by Crippen LogP contribution is 2.24. The zero-order chi connectivity index (χ0) is 16.8. The quantitative estimate of drug-likeness (QED) is 0.606. The first-order chi connectivity index (χ1) is 11.8. The second-order valence-electron chi connectivity index (χ2n) is 5.13. The molecule has 2 aromatic carbocycles. The molecular formula is C18H18N2O3S. The molecule has 0 aliphatic heterocycles. The lowest BCUT2D eigenvalue weighted by molar-refractivity contribution is 0.413. The highest BCUT2D eigenvalue weighted by Gasteiger charge is 2.08. The lowest BCUT2D eigenvalue weighted by Crippen LogP contribution is -1.89. The van der Waals surface area contributed by atoms with Crippen LogP contribution in [-0.2, 0) is 12.2 Å². The second-order valence-corrected chi connectivity index (χ2v) is 6.05.